The fourth-order valence-electron chi connectivity index (χ4n) is 2.29. The Morgan fingerprint density at radius 1 is 1.45 bits per heavy atom. The van der Waals surface area contributed by atoms with Crippen molar-refractivity contribution in [3.05, 3.63) is 28.7 Å². The molecule has 0 saturated carbocycles. The van der Waals surface area contributed by atoms with Crippen LogP contribution in [0.5, 0.6) is 0 Å². The van der Waals surface area contributed by atoms with Crippen LogP contribution in [-0.2, 0) is 16.1 Å². The number of pyridine rings is 1. The number of morpholine rings is 1. The Bertz CT molecular complexity index is 652. The van der Waals surface area contributed by atoms with Crippen molar-refractivity contribution in [2.75, 3.05) is 26.3 Å². The van der Waals surface area contributed by atoms with E-state index in [0.29, 0.717) is 31.8 Å². The maximum atomic E-state index is 13.8. The van der Waals surface area contributed by atoms with Gasteiger partial charge in [0, 0.05) is 30.0 Å². The third kappa shape index (κ3) is 2.55. The molecule has 2 aromatic heterocycles. The van der Waals surface area contributed by atoms with Crippen LogP contribution in [-0.4, -0.2) is 46.7 Å². The van der Waals surface area contributed by atoms with Gasteiger partial charge in [0.05, 0.1) is 18.7 Å². The van der Waals surface area contributed by atoms with Crippen LogP contribution in [0.1, 0.15) is 0 Å². The number of fused-ring (bicyclic) bond motifs is 1. The number of halogens is 2. The zero-order valence-electron chi connectivity index (χ0n) is 10.7. The van der Waals surface area contributed by atoms with E-state index in [1.807, 2.05) is 0 Å². The predicted molar refractivity (Wildman–Crippen MR) is 74.8 cm³/mol. The van der Waals surface area contributed by atoms with E-state index in [4.69, 9.17) is 4.74 Å². The number of ether oxygens (including phenoxy) is 1. The van der Waals surface area contributed by atoms with Gasteiger partial charge in [-0.15, -0.1) is 0 Å². The number of hydrogen-bond acceptors (Lipinski definition) is 3. The molecule has 0 spiro atoms. The number of rotatable bonds is 2. The van der Waals surface area contributed by atoms with Gasteiger partial charge < -0.3 is 14.2 Å². The summed E-state index contributed by atoms with van der Waals surface area (Å²) in [5.74, 6) is -0.451. The van der Waals surface area contributed by atoms with E-state index in [-0.39, 0.29) is 18.0 Å². The Labute approximate surface area is 123 Å². The largest absolute Gasteiger partial charge is 0.378 e. The van der Waals surface area contributed by atoms with Gasteiger partial charge in [0.2, 0.25) is 5.91 Å². The van der Waals surface area contributed by atoms with E-state index < -0.39 is 5.82 Å². The number of aromatic nitrogens is 2. The number of amides is 1. The molecule has 1 aliphatic heterocycles. The van der Waals surface area contributed by atoms with Gasteiger partial charge in [0.25, 0.3) is 0 Å². The number of nitrogens with zero attached hydrogens (tertiary/aromatic N) is 3. The Balaban J connectivity index is 1.86. The highest BCUT2D eigenvalue weighted by molar-refractivity contribution is 9.10. The summed E-state index contributed by atoms with van der Waals surface area (Å²) in [5.41, 5.74) is 0.890. The van der Waals surface area contributed by atoms with Gasteiger partial charge >= 0.3 is 0 Å². The maximum absolute atomic E-state index is 13.8. The minimum Gasteiger partial charge on any atom is -0.378 e. The first-order valence-corrected chi connectivity index (χ1v) is 7.10. The van der Waals surface area contributed by atoms with Gasteiger partial charge in [-0.3, -0.25) is 9.78 Å². The van der Waals surface area contributed by atoms with Crippen molar-refractivity contribution in [3.63, 3.8) is 0 Å². The van der Waals surface area contributed by atoms with Crippen molar-refractivity contribution in [1.82, 2.24) is 14.5 Å². The normalized spacial score (nSPS) is 15.8. The molecule has 0 N–H and O–H groups in total. The van der Waals surface area contributed by atoms with E-state index in [9.17, 15) is 9.18 Å². The standard InChI is InChI=1S/C13H13BrFN3O2/c14-9-5-11-13(16-6-9)10(15)7-18(11)8-12(19)17-1-3-20-4-2-17/h5-7H,1-4,8H2. The lowest BCUT2D eigenvalue weighted by atomic mass is 10.3. The molecular formula is C13H13BrFN3O2. The lowest BCUT2D eigenvalue weighted by Crippen LogP contribution is -2.42. The molecule has 1 fully saturated rings. The number of carbonyl (C=O) groups excluding carboxylic acids is 1. The Morgan fingerprint density at radius 3 is 2.95 bits per heavy atom. The van der Waals surface area contributed by atoms with Gasteiger partial charge in [-0.05, 0) is 22.0 Å². The summed E-state index contributed by atoms with van der Waals surface area (Å²) in [6.45, 7) is 2.39. The zero-order valence-corrected chi connectivity index (χ0v) is 12.3. The topological polar surface area (TPSA) is 47.4 Å². The molecule has 0 aliphatic carbocycles. The van der Waals surface area contributed by atoms with Gasteiger partial charge in [-0.2, -0.15) is 0 Å². The summed E-state index contributed by atoms with van der Waals surface area (Å²) >= 11 is 3.31. The Hall–Kier alpha value is -1.47. The fourth-order valence-corrected chi connectivity index (χ4v) is 2.61. The molecular weight excluding hydrogens is 329 g/mol. The second kappa shape index (κ2) is 5.49. The minimum atomic E-state index is -0.415. The predicted octanol–water partition coefficient (Wildman–Crippen LogP) is 1.80. The van der Waals surface area contributed by atoms with Gasteiger partial charge in [-0.1, -0.05) is 0 Å². The van der Waals surface area contributed by atoms with Crippen LogP contribution in [0.25, 0.3) is 11.0 Å². The molecule has 0 atom stereocenters. The van der Waals surface area contributed by atoms with E-state index in [0.717, 1.165) is 4.47 Å². The monoisotopic (exact) mass is 341 g/mol. The molecule has 1 aliphatic rings. The lowest BCUT2D eigenvalue weighted by molar-refractivity contribution is -0.135. The zero-order chi connectivity index (χ0) is 14.1. The molecule has 0 unspecified atom stereocenters. The SMILES string of the molecule is O=C(Cn1cc(F)c2ncc(Br)cc21)N1CCOCC1. The molecule has 2 aromatic rings. The first-order valence-electron chi connectivity index (χ1n) is 6.30. The van der Waals surface area contributed by atoms with Crippen molar-refractivity contribution >= 4 is 32.9 Å². The first-order chi connectivity index (χ1) is 9.65. The van der Waals surface area contributed by atoms with E-state index in [1.165, 1.54) is 6.20 Å². The van der Waals surface area contributed by atoms with Crippen molar-refractivity contribution in [2.24, 2.45) is 0 Å². The lowest BCUT2D eigenvalue weighted by Gasteiger charge is -2.27. The van der Waals surface area contributed by atoms with Crippen LogP contribution in [0.4, 0.5) is 4.39 Å². The summed E-state index contributed by atoms with van der Waals surface area (Å²) in [5, 5.41) is 0. The molecule has 20 heavy (non-hydrogen) atoms. The highest BCUT2D eigenvalue weighted by Crippen LogP contribution is 2.21. The molecule has 0 aromatic carbocycles. The summed E-state index contributed by atoms with van der Waals surface area (Å²) in [4.78, 5) is 18.0. The Morgan fingerprint density at radius 2 is 2.20 bits per heavy atom. The fraction of sp³-hybridized carbons (Fsp3) is 0.385. The van der Waals surface area contributed by atoms with Crippen molar-refractivity contribution < 1.29 is 13.9 Å². The third-order valence-electron chi connectivity index (χ3n) is 3.31. The molecule has 0 bridgehead atoms. The average Bonchev–Trinajstić information content (AvgIpc) is 2.76. The van der Waals surface area contributed by atoms with Crippen LogP contribution in [0.2, 0.25) is 0 Å². The molecule has 1 saturated heterocycles. The summed E-state index contributed by atoms with van der Waals surface area (Å²) in [7, 11) is 0. The van der Waals surface area contributed by atoms with Crippen molar-refractivity contribution in [1.29, 1.82) is 0 Å². The summed E-state index contributed by atoms with van der Waals surface area (Å²) in [6, 6.07) is 1.76. The van der Waals surface area contributed by atoms with Crippen LogP contribution < -0.4 is 0 Å². The van der Waals surface area contributed by atoms with Gasteiger partial charge in [0.15, 0.2) is 5.82 Å². The minimum absolute atomic E-state index is 0.0369. The van der Waals surface area contributed by atoms with Crippen LogP contribution in [0.3, 0.4) is 0 Å². The summed E-state index contributed by atoms with van der Waals surface area (Å²) in [6.07, 6.45) is 2.86. The average molecular weight is 342 g/mol. The van der Waals surface area contributed by atoms with Crippen molar-refractivity contribution in [2.45, 2.75) is 6.54 Å². The third-order valence-corrected chi connectivity index (χ3v) is 3.74. The van der Waals surface area contributed by atoms with Crippen LogP contribution in [0.15, 0.2) is 22.9 Å². The number of hydrogen-bond donors (Lipinski definition) is 0. The quantitative estimate of drug-likeness (QED) is 0.836. The van der Waals surface area contributed by atoms with E-state index in [2.05, 4.69) is 20.9 Å². The second-order valence-electron chi connectivity index (χ2n) is 4.62. The second-order valence-corrected chi connectivity index (χ2v) is 5.54. The Kier molecular flexibility index (Phi) is 3.71. The van der Waals surface area contributed by atoms with E-state index >= 15 is 0 Å². The molecule has 1 amide bonds. The smallest absolute Gasteiger partial charge is 0.242 e. The summed E-state index contributed by atoms with van der Waals surface area (Å²) < 4.78 is 21.4. The highest BCUT2D eigenvalue weighted by Gasteiger charge is 2.19. The molecule has 0 radical (unpaired) electrons. The molecule has 3 rings (SSSR count). The number of carbonyl (C=O) groups is 1. The maximum Gasteiger partial charge on any atom is 0.242 e. The van der Waals surface area contributed by atoms with Crippen LogP contribution in [0, 0.1) is 5.82 Å². The first kappa shape index (κ1) is 13.5. The van der Waals surface area contributed by atoms with Crippen molar-refractivity contribution in [3.8, 4) is 0 Å². The molecule has 106 valence electrons. The molecule has 3 heterocycles. The van der Waals surface area contributed by atoms with Gasteiger partial charge in [-0.25, -0.2) is 4.39 Å². The molecule has 7 heteroatoms. The highest BCUT2D eigenvalue weighted by atomic mass is 79.9. The van der Waals surface area contributed by atoms with E-state index in [1.54, 1.807) is 21.7 Å². The van der Waals surface area contributed by atoms with Gasteiger partial charge in [0.1, 0.15) is 12.1 Å². The van der Waals surface area contributed by atoms with Crippen LogP contribution >= 0.6 is 15.9 Å². The molecule has 5 nitrogen and oxygen atoms in total.